The Bertz CT molecular complexity index is 1170. The van der Waals surface area contributed by atoms with Crippen LogP contribution in [0, 0.1) is 0 Å². The second-order valence-electron chi connectivity index (χ2n) is 6.90. The number of sulfone groups is 2. The van der Waals surface area contributed by atoms with E-state index in [-0.39, 0.29) is 16.2 Å². The zero-order valence-electron chi connectivity index (χ0n) is 16.6. The average molecular weight is 455 g/mol. The van der Waals surface area contributed by atoms with Crippen LogP contribution in [0.4, 0.5) is 0 Å². The molecule has 0 spiro atoms. The molecule has 3 aromatic rings. The summed E-state index contributed by atoms with van der Waals surface area (Å²) in [6.07, 6.45) is 3.38. The SMILES string of the molecule is O=C/C=C/CC(c1ccccc1)C(S(=O)(=O)c1ccccc1)S(=O)(=O)c1ccccc1. The van der Waals surface area contributed by atoms with Gasteiger partial charge >= 0.3 is 0 Å². The van der Waals surface area contributed by atoms with Crippen LogP contribution in [0.2, 0.25) is 0 Å². The van der Waals surface area contributed by atoms with Gasteiger partial charge in [-0.1, -0.05) is 72.8 Å². The summed E-state index contributed by atoms with van der Waals surface area (Å²) in [7, 11) is -8.60. The molecule has 0 aliphatic rings. The smallest absolute Gasteiger partial charge is 0.196 e. The van der Waals surface area contributed by atoms with Crippen LogP contribution in [0.3, 0.4) is 0 Å². The van der Waals surface area contributed by atoms with Crippen molar-refractivity contribution >= 4 is 26.0 Å². The van der Waals surface area contributed by atoms with Crippen LogP contribution in [-0.4, -0.2) is 27.7 Å². The minimum Gasteiger partial charge on any atom is -0.299 e. The van der Waals surface area contributed by atoms with Gasteiger partial charge in [0, 0.05) is 5.92 Å². The third-order valence-electron chi connectivity index (χ3n) is 4.92. The van der Waals surface area contributed by atoms with E-state index >= 15 is 0 Å². The fourth-order valence-corrected chi connectivity index (χ4v) is 8.49. The predicted octanol–water partition coefficient (Wildman–Crippen LogP) is 4.19. The second kappa shape index (κ2) is 9.85. The Morgan fingerprint density at radius 3 is 1.48 bits per heavy atom. The lowest BCUT2D eigenvalue weighted by Gasteiger charge is -2.27. The number of allylic oxidation sites excluding steroid dienone is 2. The molecule has 1 unspecified atom stereocenters. The lowest BCUT2D eigenvalue weighted by Crippen LogP contribution is -2.36. The van der Waals surface area contributed by atoms with Gasteiger partial charge in [0.2, 0.25) is 0 Å². The predicted molar refractivity (Wildman–Crippen MR) is 120 cm³/mol. The highest BCUT2D eigenvalue weighted by Gasteiger charge is 2.45. The van der Waals surface area contributed by atoms with Crippen LogP contribution in [0.15, 0.2) is 113 Å². The summed E-state index contributed by atoms with van der Waals surface area (Å²) in [6, 6.07) is 23.8. The van der Waals surface area contributed by atoms with Crippen LogP contribution in [0.25, 0.3) is 0 Å². The van der Waals surface area contributed by atoms with Crippen molar-refractivity contribution < 1.29 is 21.6 Å². The third-order valence-corrected chi connectivity index (χ3v) is 10.2. The highest BCUT2D eigenvalue weighted by Crippen LogP contribution is 2.38. The number of aldehydes is 1. The van der Waals surface area contributed by atoms with Crippen LogP contribution in [-0.2, 0) is 24.5 Å². The van der Waals surface area contributed by atoms with E-state index in [1.165, 1.54) is 36.4 Å². The van der Waals surface area contributed by atoms with E-state index in [0.29, 0.717) is 11.8 Å². The van der Waals surface area contributed by atoms with Gasteiger partial charge in [-0.25, -0.2) is 16.8 Å². The monoisotopic (exact) mass is 454 g/mol. The molecule has 7 heteroatoms. The molecule has 3 aromatic carbocycles. The minimum atomic E-state index is -4.30. The van der Waals surface area contributed by atoms with Crippen molar-refractivity contribution in [1.82, 2.24) is 0 Å². The maximum absolute atomic E-state index is 13.7. The molecule has 5 nitrogen and oxygen atoms in total. The standard InChI is InChI=1S/C24H22O5S2/c25-19-11-10-18-23(20-12-4-1-5-13-20)24(30(26,27)21-14-6-2-7-15-21)31(28,29)22-16-8-3-9-17-22/h1-17,19,23-24H,18H2/b11-10+. The summed E-state index contributed by atoms with van der Waals surface area (Å²) in [4.78, 5) is 10.7. The Hall–Kier alpha value is -3.03. The largest absolute Gasteiger partial charge is 0.299 e. The molecule has 0 bridgehead atoms. The highest BCUT2D eigenvalue weighted by atomic mass is 32.3. The van der Waals surface area contributed by atoms with E-state index < -0.39 is 30.2 Å². The van der Waals surface area contributed by atoms with E-state index in [1.807, 2.05) is 0 Å². The quantitative estimate of drug-likeness (QED) is 0.357. The lowest BCUT2D eigenvalue weighted by molar-refractivity contribution is -0.104. The summed E-state index contributed by atoms with van der Waals surface area (Å²) in [5.74, 6) is -0.923. The molecule has 0 saturated carbocycles. The van der Waals surface area contributed by atoms with Gasteiger partial charge in [0.15, 0.2) is 24.3 Å². The van der Waals surface area contributed by atoms with Gasteiger partial charge in [0.25, 0.3) is 0 Å². The third kappa shape index (κ3) is 5.00. The first-order valence-electron chi connectivity index (χ1n) is 9.62. The van der Waals surface area contributed by atoms with Gasteiger partial charge in [-0.05, 0) is 42.3 Å². The number of rotatable bonds is 9. The first-order valence-corrected chi connectivity index (χ1v) is 12.7. The highest BCUT2D eigenvalue weighted by molar-refractivity contribution is 8.09. The summed E-state index contributed by atoms with van der Waals surface area (Å²) in [6.45, 7) is 0. The van der Waals surface area contributed by atoms with Crippen molar-refractivity contribution in [3.63, 3.8) is 0 Å². The fraction of sp³-hybridized carbons (Fsp3) is 0.125. The van der Waals surface area contributed by atoms with Gasteiger partial charge in [-0.15, -0.1) is 0 Å². The number of carbonyl (C=O) groups is 1. The molecule has 0 radical (unpaired) electrons. The first kappa shape index (κ1) is 22.7. The Labute approximate surface area is 182 Å². The van der Waals surface area contributed by atoms with Crippen molar-refractivity contribution in [2.24, 2.45) is 0 Å². The average Bonchev–Trinajstić information content (AvgIpc) is 2.80. The van der Waals surface area contributed by atoms with Gasteiger partial charge in [-0.3, -0.25) is 4.79 Å². The van der Waals surface area contributed by atoms with Crippen LogP contribution < -0.4 is 0 Å². The van der Waals surface area contributed by atoms with Crippen molar-refractivity contribution in [2.45, 2.75) is 26.7 Å². The molecule has 0 aromatic heterocycles. The Kier molecular flexibility index (Phi) is 7.20. The number of benzene rings is 3. The molecule has 0 aliphatic carbocycles. The Morgan fingerprint density at radius 2 is 1.06 bits per heavy atom. The molecule has 0 heterocycles. The summed E-state index contributed by atoms with van der Waals surface area (Å²) in [5.41, 5.74) is 0.557. The summed E-state index contributed by atoms with van der Waals surface area (Å²) >= 11 is 0. The molecular weight excluding hydrogens is 432 g/mol. The maximum Gasteiger partial charge on any atom is 0.196 e. The van der Waals surface area contributed by atoms with Crippen LogP contribution >= 0.6 is 0 Å². The lowest BCUT2D eigenvalue weighted by atomic mass is 9.97. The van der Waals surface area contributed by atoms with Crippen LogP contribution in [0.5, 0.6) is 0 Å². The van der Waals surface area contributed by atoms with E-state index in [2.05, 4.69) is 0 Å². The molecule has 0 saturated heterocycles. The van der Waals surface area contributed by atoms with E-state index in [1.54, 1.807) is 66.7 Å². The maximum atomic E-state index is 13.7. The zero-order valence-corrected chi connectivity index (χ0v) is 18.2. The molecule has 31 heavy (non-hydrogen) atoms. The fourth-order valence-electron chi connectivity index (χ4n) is 3.47. The van der Waals surface area contributed by atoms with Crippen molar-refractivity contribution in [3.8, 4) is 0 Å². The molecule has 1 atom stereocenters. The van der Waals surface area contributed by atoms with Gasteiger partial charge in [0.05, 0.1) is 9.79 Å². The Morgan fingerprint density at radius 1 is 0.645 bits per heavy atom. The summed E-state index contributed by atoms with van der Waals surface area (Å²) in [5, 5.41) is 0. The van der Waals surface area contributed by atoms with E-state index in [9.17, 15) is 21.6 Å². The van der Waals surface area contributed by atoms with Crippen molar-refractivity contribution in [2.75, 3.05) is 0 Å². The normalized spacial score (nSPS) is 13.3. The molecule has 0 amide bonds. The van der Waals surface area contributed by atoms with Crippen molar-refractivity contribution in [1.29, 1.82) is 0 Å². The van der Waals surface area contributed by atoms with Crippen LogP contribution in [0.1, 0.15) is 17.9 Å². The zero-order chi connectivity index (χ0) is 22.3. The number of carbonyl (C=O) groups excluding carboxylic acids is 1. The van der Waals surface area contributed by atoms with Crippen molar-refractivity contribution in [3.05, 3.63) is 109 Å². The van der Waals surface area contributed by atoms with E-state index in [4.69, 9.17) is 0 Å². The van der Waals surface area contributed by atoms with Gasteiger partial charge in [0.1, 0.15) is 6.29 Å². The molecule has 0 fully saturated rings. The molecule has 160 valence electrons. The molecule has 0 N–H and O–H groups in total. The summed E-state index contributed by atoms with van der Waals surface area (Å²) < 4.78 is 53.1. The van der Waals surface area contributed by atoms with E-state index in [0.717, 1.165) is 0 Å². The van der Waals surface area contributed by atoms with Gasteiger partial charge < -0.3 is 0 Å². The Balaban J connectivity index is 2.28. The molecule has 0 aliphatic heterocycles. The van der Waals surface area contributed by atoms with Gasteiger partial charge in [-0.2, -0.15) is 0 Å². The first-order chi connectivity index (χ1) is 14.9. The number of hydrogen-bond acceptors (Lipinski definition) is 5. The number of hydrogen-bond donors (Lipinski definition) is 0. The molecular formula is C24H22O5S2. The molecule has 3 rings (SSSR count). The minimum absolute atomic E-state index is 0.0611. The second-order valence-corrected chi connectivity index (χ2v) is 11.3. The topological polar surface area (TPSA) is 85.3 Å².